The van der Waals surface area contributed by atoms with Crippen molar-refractivity contribution in [3.8, 4) is 0 Å². The van der Waals surface area contributed by atoms with Gasteiger partial charge >= 0.3 is 6.18 Å². The van der Waals surface area contributed by atoms with E-state index >= 15 is 0 Å². The molecule has 1 aromatic carbocycles. The molecule has 4 heteroatoms. The summed E-state index contributed by atoms with van der Waals surface area (Å²) in [5, 5.41) is 0. The fourth-order valence-corrected chi connectivity index (χ4v) is 5.67. The zero-order valence-electron chi connectivity index (χ0n) is 18.2. The van der Waals surface area contributed by atoms with E-state index in [4.69, 9.17) is 0 Å². The summed E-state index contributed by atoms with van der Waals surface area (Å²) in [4.78, 5) is 0. The maximum Gasteiger partial charge on any atom is 0.409 e. The highest BCUT2D eigenvalue weighted by Crippen LogP contribution is 2.44. The molecule has 2 aliphatic carbocycles. The molecule has 0 heterocycles. The van der Waals surface area contributed by atoms with Crippen LogP contribution in [-0.4, -0.2) is 6.18 Å². The summed E-state index contributed by atoms with van der Waals surface area (Å²) in [7, 11) is 0. The molecule has 0 saturated heterocycles. The van der Waals surface area contributed by atoms with Crippen LogP contribution in [0.25, 0.3) is 6.08 Å². The number of benzene rings is 1. The number of allylic oxidation sites excluding steroid dienone is 1. The first kappa shape index (κ1) is 23.3. The molecule has 1 aromatic rings. The van der Waals surface area contributed by atoms with Gasteiger partial charge in [-0.25, -0.2) is 4.39 Å². The summed E-state index contributed by atoms with van der Waals surface area (Å²) in [5.41, 5.74) is 0.940. The van der Waals surface area contributed by atoms with E-state index in [1.54, 1.807) is 0 Å². The Morgan fingerprint density at radius 2 is 1.53 bits per heavy atom. The summed E-state index contributed by atoms with van der Waals surface area (Å²) in [6.45, 7) is 2.26. The van der Waals surface area contributed by atoms with Gasteiger partial charge in [0.2, 0.25) is 0 Å². The Morgan fingerprint density at radius 3 is 2.10 bits per heavy atom. The number of hydrogen-bond acceptors (Lipinski definition) is 0. The maximum atomic E-state index is 14.3. The van der Waals surface area contributed by atoms with Crippen LogP contribution in [0.5, 0.6) is 0 Å². The normalized spacial score (nSPS) is 28.2. The third kappa shape index (κ3) is 6.85. The molecule has 0 amide bonds. The van der Waals surface area contributed by atoms with E-state index in [1.807, 2.05) is 6.07 Å². The molecule has 2 fully saturated rings. The second kappa shape index (κ2) is 10.8. The van der Waals surface area contributed by atoms with Gasteiger partial charge in [0.05, 0.1) is 0 Å². The van der Waals surface area contributed by atoms with Gasteiger partial charge in [0, 0.05) is 11.6 Å². The van der Waals surface area contributed by atoms with E-state index in [9.17, 15) is 17.6 Å². The SMILES string of the molecule is CCCCCC1CCC(C2CCC(c3ccc(/C=C/C(F)(F)F)c(F)c3)CC2)CC1. The van der Waals surface area contributed by atoms with Crippen molar-refractivity contribution in [2.24, 2.45) is 17.8 Å². The monoisotopic (exact) mass is 424 g/mol. The lowest BCUT2D eigenvalue weighted by Gasteiger charge is -2.38. The van der Waals surface area contributed by atoms with Gasteiger partial charge in [-0.1, -0.05) is 57.6 Å². The number of hydrogen-bond donors (Lipinski definition) is 0. The summed E-state index contributed by atoms with van der Waals surface area (Å²) in [5.74, 6) is 2.38. The zero-order valence-corrected chi connectivity index (χ0v) is 18.2. The Bertz CT molecular complexity index is 675. The average Bonchev–Trinajstić information content (AvgIpc) is 2.73. The number of unbranched alkanes of at least 4 members (excludes halogenated alkanes) is 2. The molecule has 0 radical (unpaired) electrons. The predicted octanol–water partition coefficient (Wildman–Crippen LogP) is 9.06. The Labute approximate surface area is 179 Å². The highest BCUT2D eigenvalue weighted by Gasteiger charge is 2.31. The van der Waals surface area contributed by atoms with E-state index < -0.39 is 12.0 Å². The van der Waals surface area contributed by atoms with Crippen LogP contribution < -0.4 is 0 Å². The Kier molecular flexibility index (Phi) is 8.42. The van der Waals surface area contributed by atoms with Crippen molar-refractivity contribution in [1.82, 2.24) is 0 Å². The maximum absolute atomic E-state index is 14.3. The molecule has 0 nitrogen and oxygen atoms in total. The molecule has 3 rings (SSSR count). The minimum Gasteiger partial charge on any atom is -0.206 e. The molecule has 2 aliphatic rings. The van der Waals surface area contributed by atoms with Gasteiger partial charge in [0.1, 0.15) is 5.82 Å². The van der Waals surface area contributed by atoms with E-state index in [0.717, 1.165) is 42.2 Å². The standard InChI is InChI=1S/C26H36F4/c1-2-3-4-5-19-6-8-20(9-7-19)21-10-12-22(13-11-21)24-15-14-23(25(27)18-24)16-17-26(28,29)30/h14-22H,2-13H2,1H3/b17-16+. The van der Waals surface area contributed by atoms with Crippen LogP contribution in [0.3, 0.4) is 0 Å². The van der Waals surface area contributed by atoms with Crippen molar-refractivity contribution in [1.29, 1.82) is 0 Å². The topological polar surface area (TPSA) is 0 Å². The van der Waals surface area contributed by atoms with Gasteiger partial charge in [-0.05, 0) is 79.9 Å². The molecule has 30 heavy (non-hydrogen) atoms. The highest BCUT2D eigenvalue weighted by atomic mass is 19.4. The quantitative estimate of drug-likeness (QED) is 0.302. The lowest BCUT2D eigenvalue weighted by molar-refractivity contribution is -0.0790. The number of halogens is 4. The van der Waals surface area contributed by atoms with Crippen LogP contribution in [0.2, 0.25) is 0 Å². The molecule has 0 aliphatic heterocycles. The van der Waals surface area contributed by atoms with Crippen LogP contribution in [0, 0.1) is 23.6 Å². The van der Waals surface area contributed by atoms with E-state index in [0.29, 0.717) is 5.92 Å². The average molecular weight is 425 g/mol. The van der Waals surface area contributed by atoms with Gasteiger partial charge in [0.15, 0.2) is 0 Å². The largest absolute Gasteiger partial charge is 0.409 e. The van der Waals surface area contributed by atoms with Crippen LogP contribution in [0.15, 0.2) is 24.3 Å². The summed E-state index contributed by atoms with van der Waals surface area (Å²) < 4.78 is 51.2. The highest BCUT2D eigenvalue weighted by molar-refractivity contribution is 5.51. The third-order valence-corrected chi connectivity index (χ3v) is 7.49. The minimum absolute atomic E-state index is 0.000424. The summed E-state index contributed by atoms with van der Waals surface area (Å²) >= 11 is 0. The lowest BCUT2D eigenvalue weighted by Crippen LogP contribution is -2.25. The van der Waals surface area contributed by atoms with Gasteiger partial charge in [-0.2, -0.15) is 13.2 Å². The molecule has 2 saturated carbocycles. The summed E-state index contributed by atoms with van der Waals surface area (Å²) in [6.07, 6.45) is 12.0. The smallest absolute Gasteiger partial charge is 0.206 e. The second-order valence-electron chi connectivity index (χ2n) is 9.54. The molecule has 0 atom stereocenters. The van der Waals surface area contributed by atoms with Crippen molar-refractivity contribution in [2.75, 3.05) is 0 Å². The second-order valence-corrected chi connectivity index (χ2v) is 9.54. The fourth-order valence-electron chi connectivity index (χ4n) is 5.67. The van der Waals surface area contributed by atoms with E-state index in [2.05, 4.69) is 6.92 Å². The zero-order chi connectivity index (χ0) is 21.6. The Balaban J connectivity index is 1.47. The Morgan fingerprint density at radius 1 is 0.900 bits per heavy atom. The fraction of sp³-hybridized carbons (Fsp3) is 0.692. The first-order valence-electron chi connectivity index (χ1n) is 11.9. The molecule has 0 spiro atoms. The molecular formula is C26H36F4. The molecule has 0 aromatic heterocycles. The number of alkyl halides is 3. The minimum atomic E-state index is -4.42. The number of rotatable bonds is 7. The van der Waals surface area contributed by atoms with Crippen molar-refractivity contribution in [3.63, 3.8) is 0 Å². The van der Waals surface area contributed by atoms with Crippen molar-refractivity contribution in [3.05, 3.63) is 41.2 Å². The summed E-state index contributed by atoms with van der Waals surface area (Å²) in [6, 6.07) is 4.74. The van der Waals surface area contributed by atoms with Crippen LogP contribution in [0.4, 0.5) is 17.6 Å². The van der Waals surface area contributed by atoms with E-state index in [-0.39, 0.29) is 11.6 Å². The Hall–Kier alpha value is -1.32. The van der Waals surface area contributed by atoms with E-state index in [1.165, 1.54) is 76.3 Å². The van der Waals surface area contributed by atoms with Gasteiger partial charge in [-0.3, -0.25) is 0 Å². The molecule has 0 unspecified atom stereocenters. The first-order chi connectivity index (χ1) is 14.4. The molecule has 0 N–H and O–H groups in total. The van der Waals surface area contributed by atoms with Gasteiger partial charge < -0.3 is 0 Å². The van der Waals surface area contributed by atoms with Crippen LogP contribution >= 0.6 is 0 Å². The van der Waals surface area contributed by atoms with Crippen molar-refractivity contribution in [2.45, 2.75) is 96.1 Å². The third-order valence-electron chi connectivity index (χ3n) is 7.49. The predicted molar refractivity (Wildman–Crippen MR) is 116 cm³/mol. The van der Waals surface area contributed by atoms with Crippen LogP contribution in [-0.2, 0) is 0 Å². The van der Waals surface area contributed by atoms with Crippen molar-refractivity contribution < 1.29 is 17.6 Å². The van der Waals surface area contributed by atoms with Gasteiger partial charge in [-0.15, -0.1) is 0 Å². The lowest BCUT2D eigenvalue weighted by atomic mass is 9.68. The van der Waals surface area contributed by atoms with Crippen molar-refractivity contribution >= 4 is 6.08 Å². The molecule has 0 bridgehead atoms. The molecule has 168 valence electrons. The van der Waals surface area contributed by atoms with Gasteiger partial charge in [0.25, 0.3) is 0 Å². The molecular weight excluding hydrogens is 388 g/mol. The first-order valence-corrected chi connectivity index (χ1v) is 11.9. The van der Waals surface area contributed by atoms with Crippen LogP contribution in [0.1, 0.15) is 101 Å².